The molecular weight excluding hydrogens is 599 g/mol. The van der Waals surface area contributed by atoms with E-state index in [-0.39, 0.29) is 19.1 Å². The molecule has 0 fully saturated rings. The maximum absolute atomic E-state index is 13.7. The third-order valence-corrected chi connectivity index (χ3v) is 6.75. The van der Waals surface area contributed by atoms with Crippen molar-refractivity contribution in [3.63, 3.8) is 0 Å². The highest BCUT2D eigenvalue weighted by atomic mass is 79.9. The second kappa shape index (κ2) is 13.0. The molecular formula is C28H28BrCl3N2O3. The van der Waals surface area contributed by atoms with Gasteiger partial charge in [0.2, 0.25) is 5.91 Å². The van der Waals surface area contributed by atoms with E-state index < -0.39 is 17.5 Å². The van der Waals surface area contributed by atoms with Crippen molar-refractivity contribution in [1.29, 1.82) is 0 Å². The first-order valence-corrected chi connectivity index (χ1v) is 13.5. The lowest BCUT2D eigenvalue weighted by Gasteiger charge is -2.34. The zero-order valence-electron chi connectivity index (χ0n) is 20.7. The van der Waals surface area contributed by atoms with Crippen molar-refractivity contribution in [2.45, 2.75) is 45.3 Å². The second-order valence-electron chi connectivity index (χ2n) is 9.57. The molecule has 0 spiro atoms. The van der Waals surface area contributed by atoms with Gasteiger partial charge in [-0.25, -0.2) is 0 Å². The smallest absolute Gasteiger partial charge is 0.261 e. The van der Waals surface area contributed by atoms with Gasteiger partial charge in [-0.05, 0) is 62.2 Å². The van der Waals surface area contributed by atoms with Crippen LogP contribution in [-0.4, -0.2) is 34.9 Å². The average Bonchev–Trinajstić information content (AvgIpc) is 2.81. The molecule has 1 N–H and O–H groups in total. The summed E-state index contributed by atoms with van der Waals surface area (Å²) in [5, 5.41) is 4.26. The number of halogens is 4. The molecule has 0 aliphatic rings. The molecule has 2 amide bonds. The monoisotopic (exact) mass is 624 g/mol. The number of carbonyl (C=O) groups excluding carboxylic acids is 2. The van der Waals surface area contributed by atoms with Crippen molar-refractivity contribution >= 4 is 62.5 Å². The van der Waals surface area contributed by atoms with Crippen molar-refractivity contribution in [3.05, 3.63) is 97.4 Å². The molecule has 0 radical (unpaired) electrons. The lowest BCUT2D eigenvalue weighted by atomic mass is 10.0. The highest BCUT2D eigenvalue weighted by Gasteiger charge is 2.33. The van der Waals surface area contributed by atoms with Crippen molar-refractivity contribution in [2.24, 2.45) is 0 Å². The van der Waals surface area contributed by atoms with Crippen LogP contribution in [0.4, 0.5) is 0 Å². The van der Waals surface area contributed by atoms with E-state index in [0.717, 1.165) is 10.0 Å². The fourth-order valence-electron chi connectivity index (χ4n) is 3.65. The molecule has 196 valence electrons. The summed E-state index contributed by atoms with van der Waals surface area (Å²) in [5.41, 5.74) is 1.07. The van der Waals surface area contributed by atoms with Crippen LogP contribution in [0.2, 0.25) is 15.1 Å². The normalized spacial score (nSPS) is 12.1. The topological polar surface area (TPSA) is 58.6 Å². The number of hydrogen-bond acceptors (Lipinski definition) is 3. The van der Waals surface area contributed by atoms with Crippen molar-refractivity contribution in [1.82, 2.24) is 10.2 Å². The summed E-state index contributed by atoms with van der Waals surface area (Å²) in [6, 6.07) is 18.9. The van der Waals surface area contributed by atoms with Crippen LogP contribution >= 0.6 is 50.7 Å². The van der Waals surface area contributed by atoms with E-state index in [0.29, 0.717) is 32.8 Å². The summed E-state index contributed by atoms with van der Waals surface area (Å²) in [6.07, 6.45) is 0.304. The Morgan fingerprint density at radius 1 is 0.973 bits per heavy atom. The Kier molecular flexibility index (Phi) is 10.3. The fourth-order valence-corrected chi connectivity index (χ4v) is 4.85. The molecule has 0 heterocycles. The van der Waals surface area contributed by atoms with Gasteiger partial charge in [-0.15, -0.1) is 0 Å². The maximum atomic E-state index is 13.7. The number of benzene rings is 3. The number of ether oxygens (including phenoxy) is 1. The summed E-state index contributed by atoms with van der Waals surface area (Å²) < 4.78 is 6.56. The molecule has 5 nitrogen and oxygen atoms in total. The highest BCUT2D eigenvalue weighted by molar-refractivity contribution is 9.10. The molecule has 3 aromatic rings. The SMILES string of the molecule is CC(C)(C)NC(=O)C(Cc1ccccc1)N(Cc1ccc(Cl)cc1Cl)C(=O)COc1ccc(Br)cc1Cl. The Balaban J connectivity index is 1.97. The summed E-state index contributed by atoms with van der Waals surface area (Å²) in [4.78, 5) is 28.8. The third kappa shape index (κ3) is 8.92. The lowest BCUT2D eigenvalue weighted by Crippen LogP contribution is -2.55. The van der Waals surface area contributed by atoms with Crippen molar-refractivity contribution in [2.75, 3.05) is 6.61 Å². The molecule has 0 aromatic heterocycles. The van der Waals surface area contributed by atoms with Crippen LogP contribution in [0, 0.1) is 0 Å². The number of carbonyl (C=O) groups is 2. The van der Waals surface area contributed by atoms with Gasteiger partial charge in [0, 0.05) is 33.0 Å². The van der Waals surface area contributed by atoms with E-state index in [1.165, 1.54) is 4.90 Å². The quantitative estimate of drug-likeness (QED) is 0.270. The lowest BCUT2D eigenvalue weighted by molar-refractivity contribution is -0.143. The van der Waals surface area contributed by atoms with Crippen molar-refractivity contribution in [3.8, 4) is 5.75 Å². The fraction of sp³-hybridized carbons (Fsp3) is 0.286. The molecule has 37 heavy (non-hydrogen) atoms. The van der Waals surface area contributed by atoms with Gasteiger partial charge in [0.25, 0.3) is 5.91 Å². The van der Waals surface area contributed by atoms with Crippen LogP contribution in [0.15, 0.2) is 71.2 Å². The second-order valence-corrected chi connectivity index (χ2v) is 11.7. The van der Waals surface area contributed by atoms with Gasteiger partial charge in [-0.2, -0.15) is 0 Å². The van der Waals surface area contributed by atoms with Crippen LogP contribution in [-0.2, 0) is 22.6 Å². The predicted octanol–water partition coefficient (Wildman–Crippen LogP) is 7.34. The van der Waals surface area contributed by atoms with Crippen LogP contribution in [0.1, 0.15) is 31.9 Å². The number of nitrogens with one attached hydrogen (secondary N) is 1. The molecule has 0 aliphatic heterocycles. The Labute approximate surface area is 241 Å². The average molecular weight is 627 g/mol. The summed E-state index contributed by atoms with van der Waals surface area (Å²) in [5.74, 6) is -0.312. The largest absolute Gasteiger partial charge is 0.482 e. The van der Waals surface area contributed by atoms with Gasteiger partial charge in [0.1, 0.15) is 11.8 Å². The van der Waals surface area contributed by atoms with E-state index >= 15 is 0 Å². The molecule has 9 heteroatoms. The van der Waals surface area contributed by atoms with Gasteiger partial charge in [-0.3, -0.25) is 9.59 Å². The zero-order chi connectivity index (χ0) is 27.2. The predicted molar refractivity (Wildman–Crippen MR) is 153 cm³/mol. The maximum Gasteiger partial charge on any atom is 0.261 e. The van der Waals surface area contributed by atoms with Gasteiger partial charge in [0.05, 0.1) is 5.02 Å². The van der Waals surface area contributed by atoms with Crippen LogP contribution in [0.25, 0.3) is 0 Å². The number of nitrogens with zero attached hydrogens (tertiary/aromatic N) is 1. The zero-order valence-corrected chi connectivity index (χ0v) is 24.6. The minimum absolute atomic E-state index is 0.0847. The van der Waals surface area contributed by atoms with Gasteiger partial charge in [-0.1, -0.05) is 87.1 Å². The van der Waals surface area contributed by atoms with Crippen LogP contribution < -0.4 is 10.1 Å². The highest BCUT2D eigenvalue weighted by Crippen LogP contribution is 2.28. The molecule has 3 aromatic carbocycles. The molecule has 0 saturated carbocycles. The molecule has 0 saturated heterocycles. The minimum Gasteiger partial charge on any atom is -0.482 e. The Hall–Kier alpha value is -2.25. The third-order valence-electron chi connectivity index (χ3n) is 5.37. The first-order chi connectivity index (χ1) is 17.4. The number of rotatable bonds is 9. The van der Waals surface area contributed by atoms with E-state index in [1.807, 2.05) is 51.1 Å². The Morgan fingerprint density at radius 3 is 2.30 bits per heavy atom. The van der Waals surface area contributed by atoms with Gasteiger partial charge < -0.3 is 15.0 Å². The molecule has 3 rings (SSSR count). The summed E-state index contributed by atoms with van der Waals surface area (Å²) >= 11 is 22.2. The van der Waals surface area contributed by atoms with Crippen LogP contribution in [0.3, 0.4) is 0 Å². The minimum atomic E-state index is -0.829. The Morgan fingerprint density at radius 2 is 1.68 bits per heavy atom. The van der Waals surface area contributed by atoms with Gasteiger partial charge >= 0.3 is 0 Å². The Bertz CT molecular complexity index is 1250. The van der Waals surface area contributed by atoms with E-state index in [9.17, 15) is 9.59 Å². The summed E-state index contributed by atoms with van der Waals surface area (Å²) in [6.45, 7) is 5.45. The molecule has 1 atom stereocenters. The number of hydrogen-bond donors (Lipinski definition) is 1. The molecule has 0 aliphatic carbocycles. The summed E-state index contributed by atoms with van der Waals surface area (Å²) in [7, 11) is 0. The number of amides is 2. The first kappa shape index (κ1) is 29.3. The van der Waals surface area contributed by atoms with E-state index in [2.05, 4.69) is 21.2 Å². The molecule has 0 bridgehead atoms. The van der Waals surface area contributed by atoms with E-state index in [4.69, 9.17) is 39.5 Å². The standard InChI is InChI=1S/C28H28BrCl3N2O3/c1-28(2,3)33-27(36)24(13-18-7-5-4-6-8-18)34(16-19-9-11-21(30)15-22(19)31)26(35)17-37-25-12-10-20(29)14-23(25)32/h4-12,14-15,24H,13,16-17H2,1-3H3,(H,33,36). The van der Waals surface area contributed by atoms with Crippen LogP contribution in [0.5, 0.6) is 5.75 Å². The van der Waals surface area contributed by atoms with Gasteiger partial charge in [0.15, 0.2) is 6.61 Å². The van der Waals surface area contributed by atoms with E-state index in [1.54, 1.807) is 36.4 Å². The molecule has 1 unspecified atom stereocenters. The van der Waals surface area contributed by atoms with Crippen molar-refractivity contribution < 1.29 is 14.3 Å². The first-order valence-electron chi connectivity index (χ1n) is 11.6.